The molecular formula is C85H118N24O18S. The standard InChI is InChI=1S/C85H118N24O18S/c1-9-10-27-66-79(122)99-57(26-18-29-91-85(88)89)74(117)105-65(73(116)94-40-69(87)112)43-128-44-71(114)98-62(32-49-20-12-11-13-21-49)83(126)107(7)48(5)72(115)102-63(36-68(86)111)84(127)109-30-19-28-67(109)80(123)101-60(35-52-39-90-45-95-52)77(120)103-61(31-46(2)3)82(125)106(6)41-70(113)97-58(33-50-37-92-55-24-16-14-22-53(50)55)76(119)104-64(42-110)78(121)100-59(75(118)96-47(4)81(124)108(66)8)34-51-38-93-56-25-17-15-23-54(51)56/h11-17,20-25,37-39,45-48,57-67,92-93,110H,9-10,18-19,26-36,40-44H2,1-8H3,(H2,86,111)(H2,87,112)(H,90,95)(H,94,116)(H,96,118)(H,97,113)(H,98,114)(H,99,122)(H,100,121)(H,101,123)(H,102,115)(H,103,120)(H,104,119)(H,105,117)(H4,88,89,91)/t47-,48-,57-,58-,59-,60-,61-,62-,63-,64-,65-,66-,67-/m0/s1. The van der Waals surface area contributed by atoms with Crippen LogP contribution in [0.4, 0.5) is 0 Å². The molecule has 5 heterocycles. The van der Waals surface area contributed by atoms with Gasteiger partial charge in [0.15, 0.2) is 5.96 Å². The maximum atomic E-state index is 15.0. The molecule has 692 valence electrons. The number of thioether (sulfide) groups is 1. The molecule has 2 aliphatic rings. The Morgan fingerprint density at radius 2 is 1.12 bits per heavy atom. The van der Waals surface area contributed by atoms with Crippen molar-refractivity contribution in [2.45, 2.75) is 197 Å². The zero-order valence-corrected chi connectivity index (χ0v) is 73.6. The summed E-state index contributed by atoms with van der Waals surface area (Å²) in [5.74, 6) is -17.4. The van der Waals surface area contributed by atoms with Gasteiger partial charge in [0.1, 0.15) is 78.5 Å². The Labute approximate surface area is 743 Å². The van der Waals surface area contributed by atoms with Crippen LogP contribution in [-0.4, -0.2) is 295 Å². The number of H-pyrrole nitrogens is 3. The van der Waals surface area contributed by atoms with E-state index in [1.807, 2.05) is 6.92 Å². The molecule has 0 radical (unpaired) electrons. The fourth-order valence-corrected chi connectivity index (χ4v) is 15.8. The first-order chi connectivity index (χ1) is 60.9. The molecule has 42 nitrogen and oxygen atoms in total. The minimum absolute atomic E-state index is 0.000794. The number of primary amides is 2. The van der Waals surface area contributed by atoms with Crippen LogP contribution in [0.25, 0.3) is 21.8 Å². The summed E-state index contributed by atoms with van der Waals surface area (Å²) >= 11 is 0.787. The number of nitrogens with zero attached hydrogens (tertiary/aromatic N) is 5. The smallest absolute Gasteiger partial charge is 0.246 e. The Kier molecular flexibility index (Phi) is 37.7. The van der Waals surface area contributed by atoms with Crippen molar-refractivity contribution in [3.05, 3.63) is 126 Å². The number of carbonyl (C=O) groups excluding carboxylic acids is 17. The number of nitrogens with two attached hydrogens (primary N) is 3. The third-order valence-electron chi connectivity index (χ3n) is 22.0. The van der Waals surface area contributed by atoms with Crippen molar-refractivity contribution >= 4 is 140 Å². The number of para-hydroxylation sites is 2. The number of aliphatic hydroxyl groups is 1. The summed E-state index contributed by atoms with van der Waals surface area (Å²) in [7, 11) is 3.82. The molecule has 0 spiro atoms. The predicted molar refractivity (Wildman–Crippen MR) is 471 cm³/mol. The van der Waals surface area contributed by atoms with Gasteiger partial charge in [0, 0.05) is 112 Å². The lowest BCUT2D eigenvalue weighted by Crippen LogP contribution is -2.61. The molecule has 8 rings (SSSR count). The summed E-state index contributed by atoms with van der Waals surface area (Å²) in [6.07, 6.45) is 5.05. The summed E-state index contributed by atoms with van der Waals surface area (Å²) in [5, 5.41) is 51.5. The van der Waals surface area contributed by atoms with Gasteiger partial charge in [0.25, 0.3) is 0 Å². The minimum atomic E-state index is -1.85. The summed E-state index contributed by atoms with van der Waals surface area (Å²) < 4.78 is 0. The first-order valence-electron chi connectivity index (χ1n) is 42.3. The highest BCUT2D eigenvalue weighted by Crippen LogP contribution is 2.25. The molecule has 2 fully saturated rings. The van der Waals surface area contributed by atoms with Crippen molar-refractivity contribution in [3.63, 3.8) is 0 Å². The predicted octanol–water partition coefficient (Wildman–Crippen LogP) is -3.65. The van der Waals surface area contributed by atoms with Gasteiger partial charge in [0.05, 0.1) is 38.2 Å². The highest BCUT2D eigenvalue weighted by molar-refractivity contribution is 8.00. The van der Waals surface area contributed by atoms with Crippen LogP contribution in [0, 0.1) is 11.3 Å². The van der Waals surface area contributed by atoms with Gasteiger partial charge in [-0.25, -0.2) is 4.98 Å². The molecule has 13 atom stereocenters. The second-order valence-corrected chi connectivity index (χ2v) is 33.3. The fourth-order valence-electron chi connectivity index (χ4n) is 15.0. The van der Waals surface area contributed by atoms with Crippen LogP contribution in [0.15, 0.2) is 104 Å². The van der Waals surface area contributed by atoms with Gasteiger partial charge in [-0.3, -0.25) is 86.9 Å². The number of aliphatic hydroxyl groups excluding tert-OH is 1. The number of likely N-dealkylation sites (N-methyl/N-ethyl adjacent to an activating group) is 3. The minimum Gasteiger partial charge on any atom is -0.394 e. The molecule has 23 N–H and O–H groups in total. The van der Waals surface area contributed by atoms with Crippen LogP contribution >= 0.6 is 11.8 Å². The van der Waals surface area contributed by atoms with Gasteiger partial charge >= 0.3 is 0 Å². The number of rotatable bonds is 23. The number of guanidine groups is 1. The Morgan fingerprint density at radius 3 is 1.73 bits per heavy atom. The van der Waals surface area contributed by atoms with Crippen molar-refractivity contribution in [1.82, 2.24) is 103 Å². The van der Waals surface area contributed by atoms with Gasteiger partial charge in [0.2, 0.25) is 100 Å². The maximum Gasteiger partial charge on any atom is 0.246 e. The Balaban J connectivity index is 1.15. The van der Waals surface area contributed by atoms with Crippen LogP contribution in [0.3, 0.4) is 0 Å². The lowest BCUT2D eigenvalue weighted by molar-refractivity contribution is -0.145. The number of hydrogen-bond acceptors (Lipinski definition) is 21. The maximum absolute atomic E-state index is 15.0. The number of nitrogens with one attached hydrogen (secondary N) is 16. The summed E-state index contributed by atoms with van der Waals surface area (Å²) in [6, 6.07) is 2.64. The van der Waals surface area contributed by atoms with E-state index in [4.69, 9.17) is 22.6 Å². The Bertz CT molecular complexity index is 4950. The third-order valence-corrected chi connectivity index (χ3v) is 23.0. The van der Waals surface area contributed by atoms with Crippen LogP contribution in [0.1, 0.15) is 115 Å². The second-order valence-electron chi connectivity index (χ2n) is 32.3. The first kappa shape index (κ1) is 99.9. The summed E-state index contributed by atoms with van der Waals surface area (Å²) in [5.41, 5.74) is 19.9. The van der Waals surface area contributed by atoms with Gasteiger partial charge in [-0.2, -0.15) is 0 Å². The van der Waals surface area contributed by atoms with E-state index >= 15 is 0 Å². The topological polar surface area (TPSA) is 630 Å². The van der Waals surface area contributed by atoms with Crippen molar-refractivity contribution in [2.24, 2.45) is 23.1 Å². The van der Waals surface area contributed by atoms with E-state index in [1.165, 1.54) is 47.5 Å². The molecule has 3 aromatic heterocycles. The van der Waals surface area contributed by atoms with Crippen LogP contribution in [0.2, 0.25) is 0 Å². The number of aromatic nitrogens is 4. The number of hydrogen-bond donors (Lipinski definition) is 20. The van der Waals surface area contributed by atoms with E-state index in [0.29, 0.717) is 57.0 Å². The normalized spacial score (nSPS) is 23.8. The average molecular weight is 1800 g/mol. The van der Waals surface area contributed by atoms with Crippen LogP contribution in [0.5, 0.6) is 0 Å². The van der Waals surface area contributed by atoms with Crippen molar-refractivity contribution in [1.29, 1.82) is 5.41 Å². The highest BCUT2D eigenvalue weighted by Gasteiger charge is 2.43. The third kappa shape index (κ3) is 29.0. The number of amides is 17. The zero-order chi connectivity index (χ0) is 93.6. The molecule has 0 saturated carbocycles. The molecule has 2 aliphatic heterocycles. The lowest BCUT2D eigenvalue weighted by atomic mass is 10.0. The van der Waals surface area contributed by atoms with Gasteiger partial charge in [-0.05, 0) is 87.1 Å². The molecule has 0 bridgehead atoms. The Morgan fingerprint density at radius 1 is 0.562 bits per heavy atom. The molecule has 128 heavy (non-hydrogen) atoms. The van der Waals surface area contributed by atoms with Crippen molar-refractivity contribution in [2.75, 3.05) is 65.4 Å². The monoisotopic (exact) mass is 1790 g/mol. The molecule has 0 aliphatic carbocycles. The van der Waals surface area contributed by atoms with Gasteiger partial charge in [-0.1, -0.05) is 100 Å². The number of imidazole rings is 1. The Hall–Kier alpha value is -13.5. The van der Waals surface area contributed by atoms with E-state index in [-0.39, 0.29) is 83.2 Å². The SMILES string of the molecule is CCCC[C@H]1C(=O)N[C@@H](CCCNC(=N)N)C(=O)N[C@H](C(=O)NCC(N)=O)CSCC(=O)N[C@@H](Cc2ccccc2)C(=O)N(C)[C@@H](C)C(=O)N[C@@H](CC(N)=O)C(=O)N2CCC[C@H]2C(=O)N[C@@H](Cc2cnc[nH]2)C(=O)N[C@@H](CC(C)C)C(=O)N(C)CC(=O)N[C@@H](Cc2c[nH]c3ccccc23)C(=O)N[C@@H](CO)C(=O)N[C@@H](Cc2c[nH]c3ccccc23)C(=O)N[C@@H](C)C(=O)N1C. The van der Waals surface area contributed by atoms with Crippen molar-refractivity contribution < 1.29 is 86.6 Å². The number of fused-ring (bicyclic) bond motifs is 3. The average Bonchev–Trinajstić information content (AvgIpc) is 1.68. The van der Waals surface area contributed by atoms with E-state index in [9.17, 15) is 86.6 Å². The van der Waals surface area contributed by atoms with Crippen LogP contribution in [-0.2, 0) is 107 Å². The summed E-state index contributed by atoms with van der Waals surface area (Å²) in [4.78, 5) is 263. The lowest BCUT2D eigenvalue weighted by Gasteiger charge is -2.32. The fraction of sp³-hybridized carbons (Fsp3) is 0.494. The molecule has 17 amide bonds. The van der Waals surface area contributed by atoms with Gasteiger partial charge < -0.3 is 121 Å². The second kappa shape index (κ2) is 48.3. The van der Waals surface area contributed by atoms with E-state index in [2.05, 4.69) is 83.7 Å². The van der Waals surface area contributed by atoms with E-state index in [1.54, 1.807) is 105 Å². The largest absolute Gasteiger partial charge is 0.394 e. The first-order valence-corrected chi connectivity index (χ1v) is 43.4. The number of aromatic amines is 3. The molecule has 43 heteroatoms. The van der Waals surface area contributed by atoms with E-state index < -0.39 is 223 Å². The number of carbonyl (C=O) groups is 17. The van der Waals surface area contributed by atoms with Crippen LogP contribution < -0.4 is 81.0 Å². The quantitative estimate of drug-likeness (QED) is 0.0167. The molecular weight excluding hydrogens is 1680 g/mol. The summed E-state index contributed by atoms with van der Waals surface area (Å²) in [6.45, 7) is 5.35. The molecule has 3 aromatic carbocycles. The number of unbranched alkanes of at least 4 members (excludes halogenated alkanes) is 1. The number of benzene rings is 3. The van der Waals surface area contributed by atoms with Gasteiger partial charge in [-0.15, -0.1) is 11.8 Å². The van der Waals surface area contributed by atoms with Crippen molar-refractivity contribution in [3.8, 4) is 0 Å². The highest BCUT2D eigenvalue weighted by atomic mass is 32.2. The molecule has 0 unspecified atom stereocenters. The molecule has 2 saturated heterocycles. The zero-order valence-electron chi connectivity index (χ0n) is 72.8. The van der Waals surface area contributed by atoms with E-state index in [0.717, 1.165) is 31.4 Å². The molecule has 6 aromatic rings.